The molecule has 0 saturated heterocycles. The molecule has 0 bridgehead atoms. The van der Waals surface area contributed by atoms with Gasteiger partial charge in [0, 0.05) is 16.0 Å². The third-order valence-corrected chi connectivity index (χ3v) is 5.37. The summed E-state index contributed by atoms with van der Waals surface area (Å²) < 4.78 is 18.8. The van der Waals surface area contributed by atoms with Gasteiger partial charge in [0.2, 0.25) is 0 Å². The molecule has 1 N–H and O–H groups in total. The maximum Gasteiger partial charge on any atom is 0.339 e. The molecule has 0 radical (unpaired) electrons. The van der Waals surface area contributed by atoms with E-state index in [1.54, 1.807) is 54.6 Å². The van der Waals surface area contributed by atoms with E-state index in [1.165, 1.54) is 12.1 Å². The number of para-hydroxylation sites is 1. The Hall–Kier alpha value is -4.10. The van der Waals surface area contributed by atoms with Gasteiger partial charge in [-0.3, -0.25) is 4.79 Å². The van der Waals surface area contributed by atoms with Crippen LogP contribution in [-0.2, 0) is 11.3 Å². The minimum absolute atomic E-state index is 0.195. The predicted molar refractivity (Wildman–Crippen MR) is 124 cm³/mol. The van der Waals surface area contributed by atoms with Gasteiger partial charge in [-0.2, -0.15) is 0 Å². The van der Waals surface area contributed by atoms with Gasteiger partial charge in [0.05, 0.1) is 27.7 Å². The number of H-pyrrole nitrogens is 1. The van der Waals surface area contributed by atoms with Crippen LogP contribution in [0.2, 0.25) is 5.02 Å². The highest BCUT2D eigenvalue weighted by molar-refractivity contribution is 6.31. The number of pyridine rings is 1. The summed E-state index contributed by atoms with van der Waals surface area (Å²) in [5, 5.41) is 1.44. The summed E-state index contributed by atoms with van der Waals surface area (Å²) in [6.07, 6.45) is 0. The SMILES string of the molecule is O=C(OCc1nc2cc(Cl)ccc2c(=O)[nH]1)c1cc(-c2ccc(F)cc2)nc2ccccc12. The second-order valence-electron chi connectivity index (χ2n) is 7.33. The summed E-state index contributed by atoms with van der Waals surface area (Å²) in [6.45, 7) is -0.237. The number of hydrogen-bond acceptors (Lipinski definition) is 5. The first-order valence-corrected chi connectivity index (χ1v) is 10.4. The number of carbonyl (C=O) groups is 1. The number of rotatable bonds is 4. The van der Waals surface area contributed by atoms with Crippen molar-refractivity contribution in [3.8, 4) is 11.3 Å². The van der Waals surface area contributed by atoms with Gasteiger partial charge in [-0.15, -0.1) is 0 Å². The van der Waals surface area contributed by atoms with E-state index >= 15 is 0 Å². The molecule has 5 rings (SSSR count). The number of halogens is 2. The molecule has 0 saturated carbocycles. The average Bonchev–Trinajstić information content (AvgIpc) is 2.82. The first-order chi connectivity index (χ1) is 16.0. The van der Waals surface area contributed by atoms with Gasteiger partial charge in [0.1, 0.15) is 18.2 Å². The number of fused-ring (bicyclic) bond motifs is 2. The third-order valence-electron chi connectivity index (χ3n) is 5.13. The summed E-state index contributed by atoms with van der Waals surface area (Å²) in [7, 11) is 0. The lowest BCUT2D eigenvalue weighted by Gasteiger charge is -2.10. The average molecular weight is 460 g/mol. The number of aromatic nitrogens is 3. The van der Waals surface area contributed by atoms with E-state index in [0.717, 1.165) is 0 Å². The van der Waals surface area contributed by atoms with Crippen molar-refractivity contribution in [2.24, 2.45) is 0 Å². The maximum absolute atomic E-state index is 13.3. The molecule has 0 fully saturated rings. The highest BCUT2D eigenvalue weighted by atomic mass is 35.5. The van der Waals surface area contributed by atoms with Crippen LogP contribution in [-0.4, -0.2) is 20.9 Å². The molecule has 0 aliphatic carbocycles. The van der Waals surface area contributed by atoms with Crippen LogP contribution < -0.4 is 5.56 Å². The van der Waals surface area contributed by atoms with Crippen LogP contribution in [0.1, 0.15) is 16.2 Å². The van der Waals surface area contributed by atoms with Crippen molar-refractivity contribution in [2.75, 3.05) is 0 Å². The lowest BCUT2D eigenvalue weighted by Crippen LogP contribution is -2.15. The largest absolute Gasteiger partial charge is 0.454 e. The molecule has 0 atom stereocenters. The molecule has 3 aromatic carbocycles. The normalized spacial score (nSPS) is 11.1. The lowest BCUT2D eigenvalue weighted by atomic mass is 10.0. The minimum atomic E-state index is -0.606. The van der Waals surface area contributed by atoms with Crippen molar-refractivity contribution in [2.45, 2.75) is 6.61 Å². The van der Waals surface area contributed by atoms with E-state index in [2.05, 4.69) is 15.0 Å². The van der Waals surface area contributed by atoms with Crippen molar-refractivity contribution in [3.63, 3.8) is 0 Å². The fraction of sp³-hybridized carbons (Fsp3) is 0.0400. The number of aromatic amines is 1. The standard InChI is InChI=1S/C25H15ClFN3O3/c26-15-7-10-18-22(11-15)29-23(30-24(18)31)13-33-25(32)19-12-21(14-5-8-16(27)9-6-14)28-20-4-2-1-3-17(19)20/h1-12H,13H2,(H,29,30,31). The summed E-state index contributed by atoms with van der Waals surface area (Å²) in [6, 6.07) is 19.4. The van der Waals surface area contributed by atoms with Crippen LogP contribution in [0.5, 0.6) is 0 Å². The molecule has 8 heteroatoms. The number of carbonyl (C=O) groups excluding carboxylic acids is 1. The van der Waals surface area contributed by atoms with E-state index in [1.807, 2.05) is 6.07 Å². The Morgan fingerprint density at radius 1 is 0.939 bits per heavy atom. The van der Waals surface area contributed by atoms with E-state index in [-0.39, 0.29) is 23.8 Å². The van der Waals surface area contributed by atoms with Crippen molar-refractivity contribution in [1.82, 2.24) is 15.0 Å². The number of benzene rings is 3. The smallest absolute Gasteiger partial charge is 0.339 e. The minimum Gasteiger partial charge on any atom is -0.454 e. The van der Waals surface area contributed by atoms with Crippen LogP contribution >= 0.6 is 11.6 Å². The maximum atomic E-state index is 13.3. The molecule has 33 heavy (non-hydrogen) atoms. The van der Waals surface area contributed by atoms with Crippen LogP contribution in [0.15, 0.2) is 77.6 Å². The van der Waals surface area contributed by atoms with E-state index in [0.29, 0.717) is 43.6 Å². The second kappa shape index (κ2) is 8.44. The van der Waals surface area contributed by atoms with Crippen molar-refractivity contribution in [3.05, 3.63) is 105 Å². The van der Waals surface area contributed by atoms with E-state index < -0.39 is 5.97 Å². The molecule has 0 spiro atoms. The Labute approximate surface area is 191 Å². The Kier molecular flexibility index (Phi) is 5.32. The predicted octanol–water partition coefficient (Wildman–Crippen LogP) is 5.29. The topological polar surface area (TPSA) is 84.9 Å². The molecule has 5 aromatic rings. The third kappa shape index (κ3) is 4.18. The highest BCUT2D eigenvalue weighted by Gasteiger charge is 2.16. The van der Waals surface area contributed by atoms with Gasteiger partial charge < -0.3 is 9.72 Å². The summed E-state index contributed by atoms with van der Waals surface area (Å²) >= 11 is 6.00. The molecule has 0 aliphatic heterocycles. The molecule has 2 aromatic heterocycles. The van der Waals surface area contributed by atoms with E-state index in [9.17, 15) is 14.0 Å². The summed E-state index contributed by atoms with van der Waals surface area (Å²) in [5.41, 5.74) is 2.12. The Morgan fingerprint density at radius 3 is 2.55 bits per heavy atom. The number of ether oxygens (including phenoxy) is 1. The lowest BCUT2D eigenvalue weighted by molar-refractivity contribution is 0.0464. The molecular weight excluding hydrogens is 445 g/mol. The Balaban J connectivity index is 1.49. The van der Waals surface area contributed by atoms with Gasteiger partial charge >= 0.3 is 5.97 Å². The molecular formula is C25H15ClFN3O3. The second-order valence-corrected chi connectivity index (χ2v) is 7.77. The fourth-order valence-corrected chi connectivity index (χ4v) is 3.72. The number of nitrogens with zero attached hydrogens (tertiary/aromatic N) is 2. The van der Waals surface area contributed by atoms with Gasteiger partial charge in [-0.25, -0.2) is 19.2 Å². The van der Waals surface area contributed by atoms with Crippen molar-refractivity contribution in [1.29, 1.82) is 0 Å². The Morgan fingerprint density at radius 2 is 1.73 bits per heavy atom. The quantitative estimate of drug-likeness (QED) is 0.369. The summed E-state index contributed by atoms with van der Waals surface area (Å²) in [4.78, 5) is 36.9. The number of nitrogens with one attached hydrogen (secondary N) is 1. The molecule has 0 amide bonds. The van der Waals surface area contributed by atoms with Gasteiger partial charge in [0.25, 0.3) is 5.56 Å². The molecule has 0 unspecified atom stereocenters. The monoisotopic (exact) mass is 459 g/mol. The van der Waals surface area contributed by atoms with Crippen LogP contribution in [0.3, 0.4) is 0 Å². The Bertz CT molecular complexity index is 1580. The van der Waals surface area contributed by atoms with E-state index in [4.69, 9.17) is 16.3 Å². The van der Waals surface area contributed by atoms with Crippen LogP contribution in [0.4, 0.5) is 4.39 Å². The molecule has 6 nitrogen and oxygen atoms in total. The van der Waals surface area contributed by atoms with Crippen molar-refractivity contribution < 1.29 is 13.9 Å². The highest BCUT2D eigenvalue weighted by Crippen LogP contribution is 2.26. The zero-order chi connectivity index (χ0) is 22.9. The fourth-order valence-electron chi connectivity index (χ4n) is 3.55. The number of hydrogen-bond donors (Lipinski definition) is 1. The first kappa shape index (κ1) is 20.8. The number of esters is 1. The van der Waals surface area contributed by atoms with Gasteiger partial charge in [-0.05, 0) is 54.6 Å². The molecule has 0 aliphatic rings. The zero-order valence-corrected chi connectivity index (χ0v) is 17.8. The summed E-state index contributed by atoms with van der Waals surface area (Å²) in [5.74, 6) is -0.775. The molecule has 162 valence electrons. The van der Waals surface area contributed by atoms with Gasteiger partial charge in [0.15, 0.2) is 0 Å². The van der Waals surface area contributed by atoms with Gasteiger partial charge in [-0.1, -0.05) is 29.8 Å². The van der Waals surface area contributed by atoms with Crippen LogP contribution in [0, 0.1) is 5.82 Å². The van der Waals surface area contributed by atoms with Crippen molar-refractivity contribution >= 4 is 39.4 Å². The first-order valence-electron chi connectivity index (χ1n) is 9.99. The van der Waals surface area contributed by atoms with Crippen LogP contribution in [0.25, 0.3) is 33.1 Å². The molecule has 2 heterocycles. The zero-order valence-electron chi connectivity index (χ0n) is 17.0.